The average molecular weight is 269 g/mol. The van der Waals surface area contributed by atoms with E-state index in [0.29, 0.717) is 17.8 Å². The van der Waals surface area contributed by atoms with Gasteiger partial charge in [0, 0.05) is 24.9 Å². The van der Waals surface area contributed by atoms with Gasteiger partial charge in [-0.3, -0.25) is 0 Å². The van der Waals surface area contributed by atoms with Crippen LogP contribution in [0.4, 0.5) is 4.39 Å². The van der Waals surface area contributed by atoms with Crippen LogP contribution in [0.15, 0.2) is 18.2 Å². The van der Waals surface area contributed by atoms with Crippen LogP contribution in [-0.4, -0.2) is 15.4 Å². The summed E-state index contributed by atoms with van der Waals surface area (Å²) in [6.45, 7) is 7.37. The molecule has 0 aliphatic rings. The summed E-state index contributed by atoms with van der Waals surface area (Å²) in [5.74, 6) is 1.21. The Morgan fingerprint density at radius 3 is 2.67 bits per heavy atom. The van der Waals surface area contributed by atoms with Crippen LogP contribution >= 0.6 is 11.6 Å². The average Bonchev–Trinajstić information content (AvgIpc) is 2.54. The number of nitrogens with zero attached hydrogens (tertiary/aromatic N) is 2. The van der Waals surface area contributed by atoms with Crippen LogP contribution in [0.3, 0.4) is 0 Å². The van der Waals surface area contributed by atoms with Gasteiger partial charge in [0.05, 0.1) is 11.0 Å². The van der Waals surface area contributed by atoms with Gasteiger partial charge in [-0.25, -0.2) is 9.37 Å². The fourth-order valence-corrected chi connectivity index (χ4v) is 2.25. The maximum Gasteiger partial charge on any atom is 0.125 e. The molecule has 2 nitrogen and oxygen atoms in total. The molecule has 1 aromatic carbocycles. The molecule has 0 fully saturated rings. The summed E-state index contributed by atoms with van der Waals surface area (Å²) in [4.78, 5) is 4.49. The van der Waals surface area contributed by atoms with E-state index in [0.717, 1.165) is 17.9 Å². The predicted molar refractivity (Wildman–Crippen MR) is 73.6 cm³/mol. The molecule has 2 rings (SSSR count). The molecular formula is C14H18ClFN2. The van der Waals surface area contributed by atoms with E-state index in [1.165, 1.54) is 12.1 Å². The van der Waals surface area contributed by atoms with Crippen molar-refractivity contribution >= 4 is 22.6 Å². The molecule has 0 aliphatic heterocycles. The maximum absolute atomic E-state index is 13.2. The lowest BCUT2D eigenvalue weighted by Crippen LogP contribution is -2.17. The van der Waals surface area contributed by atoms with Gasteiger partial charge in [0.2, 0.25) is 0 Å². The highest BCUT2D eigenvalue weighted by Gasteiger charge is 2.17. The molecule has 0 bridgehead atoms. The minimum atomic E-state index is -0.250. The van der Waals surface area contributed by atoms with E-state index in [1.54, 1.807) is 6.07 Å². The highest BCUT2D eigenvalue weighted by Crippen LogP contribution is 2.24. The Bertz CT molecular complexity index is 555. The van der Waals surface area contributed by atoms with Gasteiger partial charge < -0.3 is 4.57 Å². The predicted octanol–water partition coefficient (Wildman–Crippen LogP) is 4.00. The fourth-order valence-electron chi connectivity index (χ4n) is 2.08. The lowest BCUT2D eigenvalue weighted by molar-refractivity contribution is 0.343. The summed E-state index contributed by atoms with van der Waals surface area (Å²) in [6, 6.07) is 4.75. The monoisotopic (exact) mass is 268 g/mol. The van der Waals surface area contributed by atoms with Crippen molar-refractivity contribution in [3.63, 3.8) is 0 Å². The van der Waals surface area contributed by atoms with Gasteiger partial charge in [0.1, 0.15) is 11.6 Å². The van der Waals surface area contributed by atoms with Crippen LogP contribution in [0, 0.1) is 11.2 Å². The summed E-state index contributed by atoms with van der Waals surface area (Å²) in [5.41, 5.74) is 1.83. The molecule has 0 atom stereocenters. The summed E-state index contributed by atoms with van der Waals surface area (Å²) < 4.78 is 15.4. The first kappa shape index (κ1) is 13.3. The van der Waals surface area contributed by atoms with Crippen LogP contribution in [0.2, 0.25) is 0 Å². The molecule has 98 valence electrons. The first-order valence-corrected chi connectivity index (χ1v) is 6.65. The molecule has 0 radical (unpaired) electrons. The van der Waals surface area contributed by atoms with E-state index in [9.17, 15) is 4.39 Å². The van der Waals surface area contributed by atoms with Crippen molar-refractivity contribution in [2.45, 2.75) is 33.7 Å². The van der Waals surface area contributed by atoms with Crippen molar-refractivity contribution in [1.82, 2.24) is 9.55 Å². The Labute approximate surface area is 112 Å². The van der Waals surface area contributed by atoms with Gasteiger partial charge in [-0.05, 0) is 17.5 Å². The fraction of sp³-hybridized carbons (Fsp3) is 0.500. The van der Waals surface area contributed by atoms with Gasteiger partial charge in [-0.2, -0.15) is 0 Å². The van der Waals surface area contributed by atoms with E-state index in [4.69, 9.17) is 11.6 Å². The smallest absolute Gasteiger partial charge is 0.125 e. The van der Waals surface area contributed by atoms with Crippen molar-refractivity contribution in [3.8, 4) is 0 Å². The van der Waals surface area contributed by atoms with E-state index in [-0.39, 0.29) is 11.2 Å². The minimum Gasteiger partial charge on any atom is -0.327 e. The Hall–Kier alpha value is -1.09. The van der Waals surface area contributed by atoms with E-state index >= 15 is 0 Å². The lowest BCUT2D eigenvalue weighted by Gasteiger charge is -2.21. The zero-order chi connectivity index (χ0) is 13.3. The summed E-state index contributed by atoms with van der Waals surface area (Å²) in [7, 11) is 0. The normalized spacial score (nSPS) is 12.3. The van der Waals surface area contributed by atoms with Gasteiger partial charge in [0.15, 0.2) is 0 Å². The van der Waals surface area contributed by atoms with Gasteiger partial charge >= 0.3 is 0 Å². The van der Waals surface area contributed by atoms with Crippen molar-refractivity contribution in [3.05, 3.63) is 29.8 Å². The molecular weight excluding hydrogens is 251 g/mol. The minimum absolute atomic E-state index is 0.142. The third-order valence-electron chi connectivity index (χ3n) is 2.74. The van der Waals surface area contributed by atoms with E-state index in [2.05, 4.69) is 30.3 Å². The van der Waals surface area contributed by atoms with E-state index in [1.807, 2.05) is 0 Å². The number of hydrogen-bond acceptors (Lipinski definition) is 1. The van der Waals surface area contributed by atoms with Crippen LogP contribution in [0.25, 0.3) is 11.0 Å². The van der Waals surface area contributed by atoms with Crippen molar-refractivity contribution in [2.24, 2.45) is 5.41 Å². The van der Waals surface area contributed by atoms with Crippen molar-refractivity contribution < 1.29 is 4.39 Å². The van der Waals surface area contributed by atoms with Gasteiger partial charge in [-0.15, -0.1) is 11.6 Å². The quantitative estimate of drug-likeness (QED) is 0.770. The first-order chi connectivity index (χ1) is 8.40. The number of aromatic nitrogens is 2. The van der Waals surface area contributed by atoms with Crippen molar-refractivity contribution in [2.75, 3.05) is 5.88 Å². The number of aryl methyl sites for hydroxylation is 1. The summed E-state index contributed by atoms with van der Waals surface area (Å²) in [6.07, 6.45) is 0.702. The van der Waals surface area contributed by atoms with Gasteiger partial charge in [0.25, 0.3) is 0 Å². The third-order valence-corrected chi connectivity index (χ3v) is 2.93. The first-order valence-electron chi connectivity index (χ1n) is 6.11. The van der Waals surface area contributed by atoms with Crippen LogP contribution in [-0.2, 0) is 13.0 Å². The highest BCUT2D eigenvalue weighted by atomic mass is 35.5. The standard InChI is InChI=1S/C14H18ClFN2/c1-14(2,3)9-18-12-5-4-10(16)8-11(12)17-13(18)6-7-15/h4-5,8H,6-7,9H2,1-3H3. The molecule has 0 aliphatic carbocycles. The van der Waals surface area contributed by atoms with E-state index < -0.39 is 0 Å². The zero-order valence-electron chi connectivity index (χ0n) is 11.0. The number of hydrogen-bond donors (Lipinski definition) is 0. The summed E-state index contributed by atoms with van der Waals surface area (Å²) in [5, 5.41) is 0. The number of fused-ring (bicyclic) bond motifs is 1. The topological polar surface area (TPSA) is 17.8 Å². The van der Waals surface area contributed by atoms with Gasteiger partial charge in [-0.1, -0.05) is 20.8 Å². The van der Waals surface area contributed by atoms with Crippen LogP contribution in [0.1, 0.15) is 26.6 Å². The summed E-state index contributed by atoms with van der Waals surface area (Å²) >= 11 is 5.81. The molecule has 4 heteroatoms. The molecule has 0 unspecified atom stereocenters. The number of benzene rings is 1. The Morgan fingerprint density at radius 2 is 2.06 bits per heavy atom. The third kappa shape index (κ3) is 2.83. The second-order valence-corrected chi connectivity index (χ2v) is 6.12. The second-order valence-electron chi connectivity index (χ2n) is 5.75. The number of imidazole rings is 1. The number of halogens is 2. The molecule has 1 aromatic heterocycles. The van der Waals surface area contributed by atoms with Crippen LogP contribution < -0.4 is 0 Å². The number of alkyl halides is 1. The maximum atomic E-state index is 13.2. The van der Waals surface area contributed by atoms with Crippen LogP contribution in [0.5, 0.6) is 0 Å². The molecule has 18 heavy (non-hydrogen) atoms. The SMILES string of the molecule is CC(C)(C)Cn1c(CCCl)nc2cc(F)ccc21. The molecule has 0 spiro atoms. The molecule has 2 aromatic rings. The zero-order valence-corrected chi connectivity index (χ0v) is 11.8. The van der Waals surface area contributed by atoms with Crippen molar-refractivity contribution in [1.29, 1.82) is 0 Å². The molecule has 0 N–H and O–H groups in total. The largest absolute Gasteiger partial charge is 0.327 e. The molecule has 0 amide bonds. The Balaban J connectivity index is 2.55. The molecule has 0 saturated heterocycles. The highest BCUT2D eigenvalue weighted by molar-refractivity contribution is 6.17. The molecule has 0 saturated carbocycles. The number of rotatable bonds is 3. The Kier molecular flexibility index (Phi) is 3.62. The lowest BCUT2D eigenvalue weighted by atomic mass is 9.96. The molecule has 1 heterocycles. The Morgan fingerprint density at radius 1 is 1.33 bits per heavy atom. The second kappa shape index (κ2) is 4.88.